The lowest BCUT2D eigenvalue weighted by molar-refractivity contribution is -0.143. The Morgan fingerprint density at radius 3 is 2.85 bits per heavy atom. The standard InChI is InChI=1S/C16H24N2O2/c1-20-16(19)15(14-7-3-2-4-8-14)12-18-9-5-6-13(10-17)11-18/h2-4,7-8,13,15H,5-6,9-12,17H2,1H3. The Labute approximate surface area is 120 Å². The Balaban J connectivity index is 2.06. The summed E-state index contributed by atoms with van der Waals surface area (Å²) in [6.45, 7) is 3.46. The van der Waals surface area contributed by atoms with Crippen molar-refractivity contribution in [2.45, 2.75) is 18.8 Å². The first-order valence-electron chi connectivity index (χ1n) is 7.29. The molecule has 2 rings (SSSR count). The van der Waals surface area contributed by atoms with Crippen LogP contribution in [0.2, 0.25) is 0 Å². The summed E-state index contributed by atoms with van der Waals surface area (Å²) >= 11 is 0. The molecule has 1 aromatic carbocycles. The third kappa shape index (κ3) is 3.81. The third-order valence-corrected chi connectivity index (χ3v) is 4.06. The second kappa shape index (κ2) is 7.41. The molecule has 0 aromatic heterocycles. The molecule has 2 unspecified atom stereocenters. The molecule has 1 aliphatic heterocycles. The number of ether oxygens (including phenoxy) is 1. The van der Waals surface area contributed by atoms with E-state index in [4.69, 9.17) is 10.5 Å². The lowest BCUT2D eigenvalue weighted by Crippen LogP contribution is -2.41. The fourth-order valence-corrected chi connectivity index (χ4v) is 2.91. The topological polar surface area (TPSA) is 55.6 Å². The molecule has 0 bridgehead atoms. The van der Waals surface area contributed by atoms with Gasteiger partial charge in [-0.15, -0.1) is 0 Å². The highest BCUT2D eigenvalue weighted by atomic mass is 16.5. The van der Waals surface area contributed by atoms with E-state index in [0.717, 1.165) is 31.6 Å². The second-order valence-electron chi connectivity index (χ2n) is 5.49. The number of hydrogen-bond acceptors (Lipinski definition) is 4. The van der Waals surface area contributed by atoms with Gasteiger partial charge in [-0.1, -0.05) is 30.3 Å². The molecule has 0 spiro atoms. The number of hydrogen-bond donors (Lipinski definition) is 1. The molecule has 2 atom stereocenters. The van der Waals surface area contributed by atoms with Crippen molar-refractivity contribution in [1.82, 2.24) is 4.90 Å². The van der Waals surface area contributed by atoms with Crippen LogP contribution in [-0.4, -0.2) is 44.2 Å². The van der Waals surface area contributed by atoms with Crippen molar-refractivity contribution in [3.05, 3.63) is 35.9 Å². The summed E-state index contributed by atoms with van der Waals surface area (Å²) < 4.78 is 4.97. The molecular weight excluding hydrogens is 252 g/mol. The average molecular weight is 276 g/mol. The predicted octanol–water partition coefficient (Wildman–Crippen LogP) is 1.61. The quantitative estimate of drug-likeness (QED) is 0.830. The van der Waals surface area contributed by atoms with Crippen LogP contribution in [0.3, 0.4) is 0 Å². The van der Waals surface area contributed by atoms with Crippen molar-refractivity contribution in [1.29, 1.82) is 0 Å². The van der Waals surface area contributed by atoms with Gasteiger partial charge in [0.1, 0.15) is 0 Å². The Hall–Kier alpha value is -1.39. The first-order valence-corrected chi connectivity index (χ1v) is 7.29. The van der Waals surface area contributed by atoms with Crippen LogP contribution < -0.4 is 5.73 Å². The SMILES string of the molecule is COC(=O)C(CN1CCCC(CN)C1)c1ccccc1. The fourth-order valence-electron chi connectivity index (χ4n) is 2.91. The Kier molecular flexibility index (Phi) is 5.56. The van der Waals surface area contributed by atoms with Crippen LogP contribution in [0.5, 0.6) is 0 Å². The van der Waals surface area contributed by atoms with E-state index >= 15 is 0 Å². The van der Waals surface area contributed by atoms with E-state index < -0.39 is 0 Å². The summed E-state index contributed by atoms with van der Waals surface area (Å²) in [6, 6.07) is 9.87. The zero-order chi connectivity index (χ0) is 14.4. The van der Waals surface area contributed by atoms with Gasteiger partial charge in [0.05, 0.1) is 13.0 Å². The lowest BCUT2D eigenvalue weighted by atomic mass is 9.94. The van der Waals surface area contributed by atoms with Gasteiger partial charge in [-0.05, 0) is 37.4 Å². The minimum Gasteiger partial charge on any atom is -0.469 e. The number of methoxy groups -OCH3 is 1. The van der Waals surface area contributed by atoms with Gasteiger partial charge in [0.2, 0.25) is 0 Å². The van der Waals surface area contributed by atoms with Crippen LogP contribution in [0, 0.1) is 5.92 Å². The smallest absolute Gasteiger partial charge is 0.314 e. The first-order chi connectivity index (χ1) is 9.74. The maximum absolute atomic E-state index is 12.1. The number of nitrogens with two attached hydrogens (primary N) is 1. The number of esters is 1. The summed E-state index contributed by atoms with van der Waals surface area (Å²) in [5, 5.41) is 0. The van der Waals surface area contributed by atoms with E-state index in [-0.39, 0.29) is 11.9 Å². The van der Waals surface area contributed by atoms with Gasteiger partial charge in [-0.2, -0.15) is 0 Å². The summed E-state index contributed by atoms with van der Waals surface area (Å²) in [7, 11) is 1.46. The van der Waals surface area contributed by atoms with Crippen LogP contribution in [0.15, 0.2) is 30.3 Å². The minimum absolute atomic E-state index is 0.161. The monoisotopic (exact) mass is 276 g/mol. The van der Waals surface area contributed by atoms with Crippen LogP contribution in [0.1, 0.15) is 24.3 Å². The number of rotatable bonds is 5. The number of carbonyl (C=O) groups excluding carboxylic acids is 1. The van der Waals surface area contributed by atoms with Gasteiger partial charge in [-0.25, -0.2) is 0 Å². The molecule has 0 aliphatic carbocycles. The zero-order valence-corrected chi connectivity index (χ0v) is 12.1. The molecule has 4 nitrogen and oxygen atoms in total. The average Bonchev–Trinajstić information content (AvgIpc) is 2.53. The molecule has 1 fully saturated rings. The fraction of sp³-hybridized carbons (Fsp3) is 0.562. The normalized spacial score (nSPS) is 21.4. The van der Waals surface area contributed by atoms with Crippen molar-refractivity contribution >= 4 is 5.97 Å². The summed E-state index contributed by atoms with van der Waals surface area (Å²) in [5.74, 6) is 0.182. The van der Waals surface area contributed by atoms with Gasteiger partial charge < -0.3 is 15.4 Å². The van der Waals surface area contributed by atoms with E-state index in [1.165, 1.54) is 13.5 Å². The number of benzene rings is 1. The molecule has 0 saturated carbocycles. The molecule has 1 aromatic rings. The van der Waals surface area contributed by atoms with Crippen molar-refractivity contribution in [2.75, 3.05) is 33.3 Å². The van der Waals surface area contributed by atoms with Gasteiger partial charge in [-0.3, -0.25) is 4.79 Å². The van der Waals surface area contributed by atoms with E-state index in [0.29, 0.717) is 12.5 Å². The zero-order valence-electron chi connectivity index (χ0n) is 12.1. The van der Waals surface area contributed by atoms with Gasteiger partial charge >= 0.3 is 5.97 Å². The van der Waals surface area contributed by atoms with Crippen LogP contribution in [0.25, 0.3) is 0 Å². The molecule has 2 N–H and O–H groups in total. The molecule has 110 valence electrons. The number of likely N-dealkylation sites (tertiary alicyclic amines) is 1. The molecule has 1 heterocycles. The highest BCUT2D eigenvalue weighted by Gasteiger charge is 2.27. The van der Waals surface area contributed by atoms with Gasteiger partial charge in [0.15, 0.2) is 0 Å². The highest BCUT2D eigenvalue weighted by Crippen LogP contribution is 2.22. The van der Waals surface area contributed by atoms with Gasteiger partial charge in [0, 0.05) is 13.1 Å². The molecule has 20 heavy (non-hydrogen) atoms. The first kappa shape index (κ1) is 15.0. The molecule has 1 saturated heterocycles. The third-order valence-electron chi connectivity index (χ3n) is 4.06. The molecule has 0 amide bonds. The van der Waals surface area contributed by atoms with Crippen molar-refractivity contribution in [2.24, 2.45) is 11.7 Å². The largest absolute Gasteiger partial charge is 0.469 e. The van der Waals surface area contributed by atoms with Crippen molar-refractivity contribution < 1.29 is 9.53 Å². The number of carbonyl (C=O) groups is 1. The van der Waals surface area contributed by atoms with Gasteiger partial charge in [0.25, 0.3) is 0 Å². The summed E-state index contributed by atoms with van der Waals surface area (Å²) in [5.41, 5.74) is 6.80. The Morgan fingerprint density at radius 2 is 2.20 bits per heavy atom. The second-order valence-corrected chi connectivity index (χ2v) is 5.49. The maximum atomic E-state index is 12.1. The lowest BCUT2D eigenvalue weighted by Gasteiger charge is -2.34. The van der Waals surface area contributed by atoms with E-state index in [1.807, 2.05) is 30.3 Å². The minimum atomic E-state index is -0.210. The Bertz CT molecular complexity index is 422. The van der Waals surface area contributed by atoms with E-state index in [9.17, 15) is 4.79 Å². The highest BCUT2D eigenvalue weighted by molar-refractivity contribution is 5.78. The molecule has 4 heteroatoms. The predicted molar refractivity (Wildman–Crippen MR) is 79.4 cm³/mol. The van der Waals surface area contributed by atoms with Crippen LogP contribution >= 0.6 is 0 Å². The summed E-state index contributed by atoms with van der Waals surface area (Å²) in [4.78, 5) is 14.4. The molecule has 0 radical (unpaired) electrons. The number of piperidine rings is 1. The molecular formula is C16H24N2O2. The molecule has 1 aliphatic rings. The summed E-state index contributed by atoms with van der Waals surface area (Å²) in [6.07, 6.45) is 2.35. The number of nitrogens with zero attached hydrogens (tertiary/aromatic N) is 1. The van der Waals surface area contributed by atoms with E-state index in [2.05, 4.69) is 4.90 Å². The maximum Gasteiger partial charge on any atom is 0.314 e. The Morgan fingerprint density at radius 1 is 1.45 bits per heavy atom. The van der Waals surface area contributed by atoms with E-state index in [1.54, 1.807) is 0 Å². The van der Waals surface area contributed by atoms with Crippen molar-refractivity contribution in [3.8, 4) is 0 Å². The van der Waals surface area contributed by atoms with Crippen LogP contribution in [-0.2, 0) is 9.53 Å². The van der Waals surface area contributed by atoms with Crippen LogP contribution in [0.4, 0.5) is 0 Å². The van der Waals surface area contributed by atoms with Crippen molar-refractivity contribution in [3.63, 3.8) is 0 Å².